The molecule has 0 aliphatic rings. The zero-order valence-corrected chi connectivity index (χ0v) is 19.7. The molecule has 8 heteroatoms. The SMILES string of the molecule is COc1ccc(NC(=O)C(C#N)=Cc2ccc(OCCOc3cccc(OC)c3)c(OC)c2)cc1. The number of ether oxygens (including phenoxy) is 5. The summed E-state index contributed by atoms with van der Waals surface area (Å²) in [6.07, 6.45) is 1.48. The van der Waals surface area contributed by atoms with Gasteiger partial charge in [0.1, 0.15) is 42.1 Å². The molecule has 3 rings (SSSR count). The third kappa shape index (κ3) is 7.17. The Morgan fingerprint density at radius 1 is 0.829 bits per heavy atom. The maximum absolute atomic E-state index is 12.5. The summed E-state index contributed by atoms with van der Waals surface area (Å²) >= 11 is 0. The first-order valence-corrected chi connectivity index (χ1v) is 10.7. The van der Waals surface area contributed by atoms with Crippen LogP contribution in [0.3, 0.4) is 0 Å². The van der Waals surface area contributed by atoms with E-state index < -0.39 is 5.91 Å². The molecule has 0 spiro atoms. The minimum absolute atomic E-state index is 0.0526. The van der Waals surface area contributed by atoms with Crippen molar-refractivity contribution < 1.29 is 28.5 Å². The molecule has 8 nitrogen and oxygen atoms in total. The summed E-state index contributed by atoms with van der Waals surface area (Å²) in [6, 6.07) is 21.2. The van der Waals surface area contributed by atoms with Crippen LogP contribution < -0.4 is 29.0 Å². The molecule has 0 atom stereocenters. The number of methoxy groups -OCH3 is 3. The van der Waals surface area contributed by atoms with Gasteiger partial charge < -0.3 is 29.0 Å². The monoisotopic (exact) mass is 474 g/mol. The molecule has 0 saturated carbocycles. The summed E-state index contributed by atoms with van der Waals surface area (Å²) < 4.78 is 27.2. The molecule has 3 aromatic carbocycles. The molecular weight excluding hydrogens is 448 g/mol. The van der Waals surface area contributed by atoms with Gasteiger partial charge in [-0.3, -0.25) is 4.79 Å². The van der Waals surface area contributed by atoms with E-state index in [1.165, 1.54) is 13.2 Å². The van der Waals surface area contributed by atoms with Crippen molar-refractivity contribution in [2.24, 2.45) is 0 Å². The van der Waals surface area contributed by atoms with E-state index in [1.54, 1.807) is 62.8 Å². The van der Waals surface area contributed by atoms with Gasteiger partial charge in [0.05, 0.1) is 21.3 Å². The fourth-order valence-corrected chi connectivity index (χ4v) is 3.08. The molecule has 1 amide bonds. The fourth-order valence-electron chi connectivity index (χ4n) is 3.08. The number of rotatable bonds is 11. The van der Waals surface area contributed by atoms with Crippen LogP contribution >= 0.6 is 0 Å². The summed E-state index contributed by atoms with van der Waals surface area (Å²) in [7, 11) is 4.68. The molecule has 3 aromatic rings. The summed E-state index contributed by atoms with van der Waals surface area (Å²) in [5.41, 5.74) is 1.11. The minimum Gasteiger partial charge on any atom is -0.497 e. The zero-order chi connectivity index (χ0) is 25.0. The van der Waals surface area contributed by atoms with E-state index in [0.717, 1.165) is 0 Å². The fraction of sp³-hybridized carbons (Fsp3) is 0.185. The highest BCUT2D eigenvalue weighted by molar-refractivity contribution is 6.09. The van der Waals surface area contributed by atoms with E-state index in [9.17, 15) is 10.1 Å². The topological polar surface area (TPSA) is 99.0 Å². The lowest BCUT2D eigenvalue weighted by molar-refractivity contribution is -0.112. The van der Waals surface area contributed by atoms with Crippen LogP contribution in [0.15, 0.2) is 72.3 Å². The van der Waals surface area contributed by atoms with Gasteiger partial charge in [-0.15, -0.1) is 0 Å². The summed E-state index contributed by atoms with van der Waals surface area (Å²) in [6.45, 7) is 0.610. The number of carbonyl (C=O) groups is 1. The molecular formula is C27H26N2O6. The summed E-state index contributed by atoms with van der Waals surface area (Å²) in [5, 5.41) is 12.2. The third-order valence-electron chi connectivity index (χ3n) is 4.86. The number of nitrogens with zero attached hydrogens (tertiary/aromatic N) is 1. The van der Waals surface area contributed by atoms with Gasteiger partial charge >= 0.3 is 0 Å². The largest absolute Gasteiger partial charge is 0.497 e. The van der Waals surface area contributed by atoms with Crippen molar-refractivity contribution in [3.63, 3.8) is 0 Å². The first-order chi connectivity index (χ1) is 17.1. The van der Waals surface area contributed by atoms with Crippen LogP contribution in [0.25, 0.3) is 6.08 Å². The number of amides is 1. The van der Waals surface area contributed by atoms with Crippen molar-refractivity contribution in [3.05, 3.63) is 77.9 Å². The second-order valence-corrected chi connectivity index (χ2v) is 7.14. The van der Waals surface area contributed by atoms with E-state index in [1.807, 2.05) is 24.3 Å². The molecule has 180 valence electrons. The van der Waals surface area contributed by atoms with Crippen molar-refractivity contribution in [2.75, 3.05) is 39.9 Å². The van der Waals surface area contributed by atoms with Gasteiger partial charge in [-0.05, 0) is 60.2 Å². The van der Waals surface area contributed by atoms with Crippen LogP contribution in [-0.2, 0) is 4.79 Å². The lowest BCUT2D eigenvalue weighted by Gasteiger charge is -2.12. The van der Waals surface area contributed by atoms with E-state index >= 15 is 0 Å². The molecule has 35 heavy (non-hydrogen) atoms. The van der Waals surface area contributed by atoms with Gasteiger partial charge in [0.15, 0.2) is 11.5 Å². The lowest BCUT2D eigenvalue weighted by Crippen LogP contribution is -2.13. The molecule has 0 heterocycles. The Morgan fingerprint density at radius 3 is 2.23 bits per heavy atom. The molecule has 0 unspecified atom stereocenters. The molecule has 0 saturated heterocycles. The van der Waals surface area contributed by atoms with E-state index in [0.29, 0.717) is 46.6 Å². The molecule has 0 aliphatic carbocycles. The summed E-state index contributed by atoms with van der Waals surface area (Å²) in [4.78, 5) is 12.5. The van der Waals surface area contributed by atoms with Crippen molar-refractivity contribution >= 4 is 17.7 Å². The standard InChI is InChI=1S/C27H26N2O6/c1-31-22-10-8-21(9-11-22)29-27(30)20(18-28)15-19-7-12-25(26(16-19)33-3)35-14-13-34-24-6-4-5-23(17-24)32-2/h4-12,15-17H,13-14H2,1-3H3,(H,29,30). The predicted molar refractivity (Wildman–Crippen MR) is 132 cm³/mol. The van der Waals surface area contributed by atoms with Crippen molar-refractivity contribution in [1.29, 1.82) is 5.26 Å². The maximum Gasteiger partial charge on any atom is 0.266 e. The number of hydrogen-bond acceptors (Lipinski definition) is 7. The van der Waals surface area contributed by atoms with Gasteiger partial charge in [-0.25, -0.2) is 0 Å². The Bertz CT molecular complexity index is 1220. The average Bonchev–Trinajstić information content (AvgIpc) is 2.90. The van der Waals surface area contributed by atoms with E-state index in [4.69, 9.17) is 23.7 Å². The highest BCUT2D eigenvalue weighted by Crippen LogP contribution is 2.29. The normalized spacial score (nSPS) is 10.6. The summed E-state index contributed by atoms with van der Waals surface area (Å²) in [5.74, 6) is 2.51. The van der Waals surface area contributed by atoms with Crippen molar-refractivity contribution in [1.82, 2.24) is 0 Å². The van der Waals surface area contributed by atoms with Gasteiger partial charge in [0.2, 0.25) is 0 Å². The molecule has 0 bridgehead atoms. The van der Waals surface area contributed by atoms with E-state index in [2.05, 4.69) is 5.32 Å². The number of benzene rings is 3. The van der Waals surface area contributed by atoms with Crippen LogP contribution in [0.1, 0.15) is 5.56 Å². The van der Waals surface area contributed by atoms with Gasteiger partial charge in [-0.2, -0.15) is 5.26 Å². The Kier molecular flexibility index (Phi) is 8.97. The smallest absolute Gasteiger partial charge is 0.266 e. The second-order valence-electron chi connectivity index (χ2n) is 7.14. The Hall–Kier alpha value is -4.64. The molecule has 0 fully saturated rings. The van der Waals surface area contributed by atoms with Gasteiger partial charge in [0, 0.05) is 11.8 Å². The van der Waals surface area contributed by atoms with Crippen LogP contribution in [-0.4, -0.2) is 40.5 Å². The van der Waals surface area contributed by atoms with Gasteiger partial charge in [-0.1, -0.05) is 12.1 Å². The lowest BCUT2D eigenvalue weighted by atomic mass is 10.1. The maximum atomic E-state index is 12.5. The number of nitriles is 1. The first-order valence-electron chi connectivity index (χ1n) is 10.7. The third-order valence-corrected chi connectivity index (χ3v) is 4.86. The van der Waals surface area contributed by atoms with Crippen molar-refractivity contribution in [2.45, 2.75) is 0 Å². The number of hydrogen-bond donors (Lipinski definition) is 1. The quantitative estimate of drug-likeness (QED) is 0.244. The van der Waals surface area contributed by atoms with Gasteiger partial charge in [0.25, 0.3) is 5.91 Å². The Balaban J connectivity index is 1.61. The minimum atomic E-state index is -0.522. The van der Waals surface area contributed by atoms with Crippen LogP contribution in [0.2, 0.25) is 0 Å². The molecule has 0 aliphatic heterocycles. The number of carbonyl (C=O) groups excluding carboxylic acids is 1. The molecule has 1 N–H and O–H groups in total. The van der Waals surface area contributed by atoms with Crippen LogP contribution in [0, 0.1) is 11.3 Å². The van der Waals surface area contributed by atoms with Crippen molar-refractivity contribution in [3.8, 4) is 34.8 Å². The second kappa shape index (κ2) is 12.6. The zero-order valence-electron chi connectivity index (χ0n) is 19.7. The van der Waals surface area contributed by atoms with E-state index in [-0.39, 0.29) is 12.2 Å². The Labute approximate surface area is 204 Å². The number of nitrogens with one attached hydrogen (secondary N) is 1. The number of anilines is 1. The first kappa shape index (κ1) is 25.0. The highest BCUT2D eigenvalue weighted by atomic mass is 16.5. The van der Waals surface area contributed by atoms with Crippen LogP contribution in [0.4, 0.5) is 5.69 Å². The average molecular weight is 475 g/mol. The highest BCUT2D eigenvalue weighted by Gasteiger charge is 2.11. The Morgan fingerprint density at radius 2 is 1.54 bits per heavy atom. The molecule has 0 radical (unpaired) electrons. The molecule has 0 aromatic heterocycles. The predicted octanol–water partition coefficient (Wildman–Crippen LogP) is 4.72. The van der Waals surface area contributed by atoms with Crippen LogP contribution in [0.5, 0.6) is 28.7 Å².